The van der Waals surface area contributed by atoms with E-state index < -0.39 is 0 Å². The van der Waals surface area contributed by atoms with Gasteiger partial charge in [-0.2, -0.15) is 0 Å². The van der Waals surface area contributed by atoms with Gasteiger partial charge < -0.3 is 20.3 Å². The summed E-state index contributed by atoms with van der Waals surface area (Å²) in [4.78, 5) is 21.8. The summed E-state index contributed by atoms with van der Waals surface area (Å²) in [5, 5.41) is 6.26. The number of rotatable bonds is 8. The van der Waals surface area contributed by atoms with Gasteiger partial charge in [0.15, 0.2) is 5.96 Å². The molecule has 2 N–H and O–H groups in total. The number of hydrogen-bond acceptors (Lipinski definition) is 4. The van der Waals surface area contributed by atoms with Crippen molar-refractivity contribution in [2.24, 2.45) is 10.9 Å². The number of benzene rings is 1. The second-order valence-electron chi connectivity index (χ2n) is 8.86. The molecule has 1 unspecified atom stereocenters. The number of para-hydroxylation sites is 1. The van der Waals surface area contributed by atoms with Gasteiger partial charge in [0.05, 0.1) is 19.7 Å². The lowest BCUT2D eigenvalue weighted by atomic mass is 9.93. The highest BCUT2D eigenvalue weighted by Gasteiger charge is 2.26. The minimum Gasteiger partial charge on any atom is -0.496 e. The molecule has 2 aliphatic heterocycles. The summed E-state index contributed by atoms with van der Waals surface area (Å²) in [5.41, 5.74) is 1.22. The van der Waals surface area contributed by atoms with E-state index in [1.165, 1.54) is 24.8 Å². The molecule has 1 aromatic carbocycles. The van der Waals surface area contributed by atoms with Gasteiger partial charge in [0.25, 0.3) is 0 Å². The first-order chi connectivity index (χ1) is 15.7. The Kier molecular flexibility index (Phi) is 9.65. The predicted molar refractivity (Wildman–Crippen MR) is 130 cm³/mol. The van der Waals surface area contributed by atoms with Gasteiger partial charge in [-0.15, -0.1) is 0 Å². The summed E-state index contributed by atoms with van der Waals surface area (Å²) < 4.78 is 5.71. The molecule has 178 valence electrons. The van der Waals surface area contributed by atoms with E-state index in [-0.39, 0.29) is 11.9 Å². The van der Waals surface area contributed by atoms with Crippen LogP contribution in [0.4, 0.5) is 0 Å². The van der Waals surface area contributed by atoms with Crippen molar-refractivity contribution in [3.8, 4) is 5.75 Å². The van der Waals surface area contributed by atoms with Crippen molar-refractivity contribution in [2.75, 3.05) is 53.4 Å². The van der Waals surface area contributed by atoms with Crippen molar-refractivity contribution in [1.29, 1.82) is 0 Å². The number of nitrogens with one attached hydrogen (secondary N) is 2. The maximum absolute atomic E-state index is 11.7. The van der Waals surface area contributed by atoms with E-state index in [0.717, 1.165) is 57.3 Å². The molecule has 1 amide bonds. The number of hydrogen-bond donors (Lipinski definition) is 2. The monoisotopic (exact) mass is 443 g/mol. The van der Waals surface area contributed by atoms with Gasteiger partial charge in [0, 0.05) is 38.7 Å². The molecule has 7 nitrogen and oxygen atoms in total. The van der Waals surface area contributed by atoms with E-state index in [4.69, 9.17) is 9.73 Å². The number of carbonyl (C=O) groups excluding carboxylic acids is 1. The Morgan fingerprint density at radius 3 is 2.53 bits per heavy atom. The van der Waals surface area contributed by atoms with Gasteiger partial charge >= 0.3 is 0 Å². The van der Waals surface area contributed by atoms with E-state index in [1.807, 2.05) is 6.07 Å². The average molecular weight is 444 g/mol. The molecule has 0 aliphatic carbocycles. The second-order valence-corrected chi connectivity index (χ2v) is 8.86. The molecule has 0 aromatic heterocycles. The first kappa shape index (κ1) is 24.4. The van der Waals surface area contributed by atoms with Crippen LogP contribution in [-0.2, 0) is 4.79 Å². The number of piperidine rings is 2. The van der Waals surface area contributed by atoms with E-state index in [2.05, 4.69) is 45.6 Å². The molecule has 7 heteroatoms. The summed E-state index contributed by atoms with van der Waals surface area (Å²) in [5.74, 6) is 2.54. The zero-order valence-corrected chi connectivity index (χ0v) is 20.1. The first-order valence-corrected chi connectivity index (χ1v) is 12.3. The van der Waals surface area contributed by atoms with Crippen molar-refractivity contribution >= 4 is 11.9 Å². The van der Waals surface area contributed by atoms with Crippen LogP contribution >= 0.6 is 0 Å². The van der Waals surface area contributed by atoms with Crippen molar-refractivity contribution in [3.63, 3.8) is 0 Å². The van der Waals surface area contributed by atoms with Gasteiger partial charge in [-0.3, -0.25) is 14.7 Å². The highest BCUT2D eigenvalue weighted by molar-refractivity contribution is 5.80. The Labute approximate surface area is 193 Å². The van der Waals surface area contributed by atoms with Crippen LogP contribution in [0, 0.1) is 5.92 Å². The van der Waals surface area contributed by atoms with Crippen LogP contribution in [0.1, 0.15) is 57.1 Å². The lowest BCUT2D eigenvalue weighted by molar-refractivity contribution is -0.121. The van der Waals surface area contributed by atoms with Crippen LogP contribution in [0.5, 0.6) is 5.75 Å². The fraction of sp³-hybridized carbons (Fsp3) is 0.680. The maximum atomic E-state index is 11.7. The molecule has 2 saturated heterocycles. The summed E-state index contributed by atoms with van der Waals surface area (Å²) in [6, 6.07) is 8.58. The van der Waals surface area contributed by atoms with E-state index >= 15 is 0 Å². The first-order valence-electron chi connectivity index (χ1n) is 12.3. The van der Waals surface area contributed by atoms with Gasteiger partial charge in [-0.25, -0.2) is 0 Å². The van der Waals surface area contributed by atoms with Crippen LogP contribution in [0.2, 0.25) is 0 Å². The second kappa shape index (κ2) is 12.7. The lowest BCUT2D eigenvalue weighted by Crippen LogP contribution is -2.46. The Morgan fingerprint density at radius 1 is 1.16 bits per heavy atom. The van der Waals surface area contributed by atoms with Crippen molar-refractivity contribution in [2.45, 2.75) is 51.5 Å². The molecule has 2 heterocycles. The maximum Gasteiger partial charge on any atom is 0.220 e. The molecule has 2 aliphatic rings. The molecule has 0 spiro atoms. The molecular weight excluding hydrogens is 402 g/mol. The standard InChI is InChI=1S/C25H41N5O2/c1-4-27-25(30-16-12-20(13-17-30)18-24(31)26-2)28-19-22(29-14-8-5-9-15-29)21-10-6-7-11-23(21)32-3/h6-7,10-11,20,22H,4-5,8-9,12-19H2,1-3H3,(H,26,31)(H,27,28). The minimum absolute atomic E-state index is 0.144. The summed E-state index contributed by atoms with van der Waals surface area (Å²) in [7, 11) is 3.47. The highest BCUT2D eigenvalue weighted by Crippen LogP contribution is 2.31. The Balaban J connectivity index is 1.73. The summed E-state index contributed by atoms with van der Waals surface area (Å²) in [6.45, 7) is 7.78. The number of ether oxygens (including phenoxy) is 1. The lowest BCUT2D eigenvalue weighted by Gasteiger charge is -2.36. The minimum atomic E-state index is 0.144. The fourth-order valence-electron chi connectivity index (χ4n) is 4.89. The van der Waals surface area contributed by atoms with Crippen molar-refractivity contribution in [3.05, 3.63) is 29.8 Å². The van der Waals surface area contributed by atoms with Crippen LogP contribution in [0.25, 0.3) is 0 Å². The number of likely N-dealkylation sites (tertiary alicyclic amines) is 2. The third-order valence-electron chi connectivity index (χ3n) is 6.75. The van der Waals surface area contributed by atoms with Crippen LogP contribution in [-0.4, -0.2) is 75.1 Å². The molecule has 32 heavy (non-hydrogen) atoms. The van der Waals surface area contributed by atoms with Gasteiger partial charge in [0.2, 0.25) is 5.91 Å². The third kappa shape index (κ3) is 6.61. The molecule has 0 bridgehead atoms. The number of methoxy groups -OCH3 is 1. The number of carbonyl (C=O) groups is 1. The van der Waals surface area contributed by atoms with Crippen molar-refractivity contribution < 1.29 is 9.53 Å². The number of guanidine groups is 1. The predicted octanol–water partition coefficient (Wildman–Crippen LogP) is 3.04. The Bertz CT molecular complexity index is 740. The Hall–Kier alpha value is -2.28. The molecule has 1 atom stereocenters. The van der Waals surface area contributed by atoms with E-state index in [9.17, 15) is 4.79 Å². The molecule has 0 radical (unpaired) electrons. The zero-order valence-electron chi connectivity index (χ0n) is 20.1. The number of nitrogens with zero attached hydrogens (tertiary/aromatic N) is 3. The summed E-state index contributed by atoms with van der Waals surface area (Å²) in [6.07, 6.45) is 6.48. The normalized spacial score (nSPS) is 19.5. The zero-order chi connectivity index (χ0) is 22.8. The molecule has 1 aromatic rings. The quantitative estimate of drug-likeness (QED) is 0.477. The van der Waals surface area contributed by atoms with Gasteiger partial charge in [0.1, 0.15) is 5.75 Å². The molecular formula is C25H41N5O2. The largest absolute Gasteiger partial charge is 0.496 e. The number of amides is 1. The van der Waals surface area contributed by atoms with Gasteiger partial charge in [-0.05, 0) is 57.7 Å². The Morgan fingerprint density at radius 2 is 1.88 bits per heavy atom. The highest BCUT2D eigenvalue weighted by atomic mass is 16.5. The van der Waals surface area contributed by atoms with Crippen LogP contribution < -0.4 is 15.4 Å². The molecule has 0 saturated carbocycles. The molecule has 3 rings (SSSR count). The topological polar surface area (TPSA) is 69.2 Å². The van der Waals surface area contributed by atoms with Crippen LogP contribution in [0.15, 0.2) is 29.3 Å². The van der Waals surface area contributed by atoms with Crippen LogP contribution in [0.3, 0.4) is 0 Å². The number of aliphatic imine (C=N–C) groups is 1. The smallest absolute Gasteiger partial charge is 0.220 e. The van der Waals surface area contributed by atoms with E-state index in [1.54, 1.807) is 14.2 Å². The molecule has 2 fully saturated rings. The van der Waals surface area contributed by atoms with Crippen molar-refractivity contribution in [1.82, 2.24) is 20.4 Å². The average Bonchev–Trinajstić information content (AvgIpc) is 2.85. The van der Waals surface area contributed by atoms with Gasteiger partial charge in [-0.1, -0.05) is 24.6 Å². The fourth-order valence-corrected chi connectivity index (χ4v) is 4.89. The third-order valence-corrected chi connectivity index (χ3v) is 6.75. The van der Waals surface area contributed by atoms with E-state index in [0.29, 0.717) is 18.9 Å². The SMILES string of the molecule is CCNC(=NCC(c1ccccc1OC)N1CCCCC1)N1CCC(CC(=O)NC)CC1. The summed E-state index contributed by atoms with van der Waals surface area (Å²) >= 11 is 0.